The fraction of sp³-hybridized carbons (Fsp3) is 0.143. The van der Waals surface area contributed by atoms with E-state index in [1.54, 1.807) is 31.5 Å². The molecular weight excluding hydrogens is 320 g/mol. The first-order valence-corrected chi connectivity index (χ1v) is 6.99. The number of rotatable bonds is 5. The standard InChI is InChI=1S/C14H12N4O4S/c1-21-8-17-6-5-11-12(17)15-14(23)16-13(11)22-10-4-2-3-9(7-10)18(19)20/h2-7H,8H2,1H3,(H,15,16,23). The lowest BCUT2D eigenvalue weighted by Gasteiger charge is -2.07. The number of nitro benzene ring substituents is 1. The molecule has 0 bridgehead atoms. The van der Waals surface area contributed by atoms with E-state index in [-0.39, 0.29) is 16.3 Å². The highest BCUT2D eigenvalue weighted by atomic mass is 32.1. The zero-order valence-electron chi connectivity index (χ0n) is 12.1. The predicted octanol–water partition coefficient (Wildman–Crippen LogP) is 3.40. The summed E-state index contributed by atoms with van der Waals surface area (Å²) in [6.07, 6.45) is 1.81. The van der Waals surface area contributed by atoms with Crippen molar-refractivity contribution in [1.29, 1.82) is 0 Å². The Morgan fingerprint density at radius 1 is 1.43 bits per heavy atom. The van der Waals surface area contributed by atoms with Crippen molar-refractivity contribution in [2.24, 2.45) is 0 Å². The molecule has 0 saturated carbocycles. The van der Waals surface area contributed by atoms with Gasteiger partial charge in [-0.3, -0.25) is 10.1 Å². The van der Waals surface area contributed by atoms with Crippen molar-refractivity contribution in [2.75, 3.05) is 7.11 Å². The smallest absolute Gasteiger partial charge is 0.273 e. The monoisotopic (exact) mass is 332 g/mol. The van der Waals surface area contributed by atoms with Crippen LogP contribution >= 0.6 is 12.2 Å². The molecule has 8 nitrogen and oxygen atoms in total. The lowest BCUT2D eigenvalue weighted by molar-refractivity contribution is -0.384. The molecule has 23 heavy (non-hydrogen) atoms. The maximum absolute atomic E-state index is 10.8. The second-order valence-electron chi connectivity index (χ2n) is 4.67. The first kappa shape index (κ1) is 15.1. The molecule has 0 aliphatic heterocycles. The third-order valence-electron chi connectivity index (χ3n) is 3.13. The van der Waals surface area contributed by atoms with E-state index in [0.29, 0.717) is 23.5 Å². The van der Waals surface area contributed by atoms with E-state index in [9.17, 15) is 10.1 Å². The Labute approximate surface area is 135 Å². The van der Waals surface area contributed by atoms with Crippen molar-refractivity contribution in [3.05, 3.63) is 51.4 Å². The summed E-state index contributed by atoms with van der Waals surface area (Å²) in [6, 6.07) is 7.69. The van der Waals surface area contributed by atoms with Crippen molar-refractivity contribution in [1.82, 2.24) is 14.5 Å². The van der Waals surface area contributed by atoms with Gasteiger partial charge in [-0.05, 0) is 24.4 Å². The number of aromatic amines is 1. The Morgan fingerprint density at radius 3 is 3.00 bits per heavy atom. The molecule has 9 heteroatoms. The number of nitrogens with one attached hydrogen (secondary N) is 1. The summed E-state index contributed by atoms with van der Waals surface area (Å²) in [5.74, 6) is 0.590. The van der Waals surface area contributed by atoms with E-state index < -0.39 is 4.92 Å². The average molecular weight is 332 g/mol. The van der Waals surface area contributed by atoms with Gasteiger partial charge >= 0.3 is 0 Å². The number of H-pyrrole nitrogens is 1. The third-order valence-corrected chi connectivity index (χ3v) is 3.33. The Kier molecular flexibility index (Phi) is 4.04. The molecule has 0 atom stereocenters. The number of non-ortho nitro benzene ring substituents is 1. The van der Waals surface area contributed by atoms with Gasteiger partial charge in [0.2, 0.25) is 10.7 Å². The number of hydrogen-bond donors (Lipinski definition) is 1. The van der Waals surface area contributed by atoms with Gasteiger partial charge in [-0.2, -0.15) is 4.98 Å². The van der Waals surface area contributed by atoms with E-state index in [1.165, 1.54) is 12.1 Å². The summed E-state index contributed by atoms with van der Waals surface area (Å²) in [6.45, 7) is 0.342. The van der Waals surface area contributed by atoms with Gasteiger partial charge in [0.25, 0.3) is 5.69 Å². The summed E-state index contributed by atoms with van der Waals surface area (Å²) < 4.78 is 12.9. The SMILES string of the molecule is COCn1ccc2c(Oc3cccc([N+](=O)[O-])c3)nc(=S)[nH]c21. The molecule has 3 rings (SSSR count). The molecule has 2 aromatic heterocycles. The van der Waals surface area contributed by atoms with E-state index >= 15 is 0 Å². The molecular formula is C14H12N4O4S. The molecule has 1 aromatic carbocycles. The van der Waals surface area contributed by atoms with E-state index in [1.807, 2.05) is 4.57 Å². The fourth-order valence-corrected chi connectivity index (χ4v) is 2.34. The Balaban J connectivity index is 2.04. The molecule has 0 amide bonds. The van der Waals surface area contributed by atoms with Crippen LogP contribution in [0.25, 0.3) is 11.0 Å². The lowest BCUT2D eigenvalue weighted by atomic mass is 10.3. The minimum Gasteiger partial charge on any atom is -0.438 e. The summed E-state index contributed by atoms with van der Waals surface area (Å²) >= 11 is 5.11. The third kappa shape index (κ3) is 3.05. The average Bonchev–Trinajstić information content (AvgIpc) is 2.91. The fourth-order valence-electron chi connectivity index (χ4n) is 2.16. The van der Waals surface area contributed by atoms with Crippen molar-refractivity contribution >= 4 is 28.9 Å². The number of aromatic nitrogens is 3. The van der Waals surface area contributed by atoms with Gasteiger partial charge in [0.05, 0.1) is 16.4 Å². The Morgan fingerprint density at radius 2 is 2.26 bits per heavy atom. The molecule has 2 heterocycles. The lowest BCUT2D eigenvalue weighted by Crippen LogP contribution is -2.00. The summed E-state index contributed by atoms with van der Waals surface area (Å²) in [4.78, 5) is 17.5. The number of benzene rings is 1. The highest BCUT2D eigenvalue weighted by Gasteiger charge is 2.12. The van der Waals surface area contributed by atoms with Crippen molar-refractivity contribution in [3.63, 3.8) is 0 Å². The largest absolute Gasteiger partial charge is 0.438 e. The van der Waals surface area contributed by atoms with E-state index in [0.717, 1.165) is 0 Å². The number of nitro groups is 1. The molecule has 0 unspecified atom stereocenters. The van der Waals surface area contributed by atoms with Crippen molar-refractivity contribution in [2.45, 2.75) is 6.73 Å². The second-order valence-corrected chi connectivity index (χ2v) is 5.06. The van der Waals surface area contributed by atoms with Crippen LogP contribution in [0.5, 0.6) is 11.6 Å². The highest BCUT2D eigenvalue weighted by molar-refractivity contribution is 7.71. The van der Waals surface area contributed by atoms with Crippen LogP contribution in [0.4, 0.5) is 5.69 Å². The van der Waals surface area contributed by atoms with Crippen molar-refractivity contribution in [3.8, 4) is 11.6 Å². The van der Waals surface area contributed by atoms with Crippen LogP contribution in [0.2, 0.25) is 0 Å². The van der Waals surface area contributed by atoms with E-state index in [2.05, 4.69) is 9.97 Å². The molecule has 0 aliphatic carbocycles. The van der Waals surface area contributed by atoms with Gasteiger partial charge in [-0.1, -0.05) is 6.07 Å². The Hall–Kier alpha value is -2.78. The summed E-state index contributed by atoms with van der Waals surface area (Å²) in [5, 5.41) is 11.5. The molecule has 0 aliphatic rings. The van der Waals surface area contributed by atoms with Gasteiger partial charge in [0.15, 0.2) is 0 Å². The van der Waals surface area contributed by atoms with Gasteiger partial charge in [0.1, 0.15) is 18.1 Å². The molecule has 0 radical (unpaired) electrons. The molecule has 0 saturated heterocycles. The van der Waals surface area contributed by atoms with Crippen LogP contribution in [-0.2, 0) is 11.5 Å². The van der Waals surface area contributed by atoms with Gasteiger partial charge in [0, 0.05) is 19.4 Å². The molecule has 1 N–H and O–H groups in total. The minimum atomic E-state index is -0.484. The summed E-state index contributed by atoms with van der Waals surface area (Å²) in [5.41, 5.74) is 0.643. The maximum atomic E-state index is 10.8. The van der Waals surface area contributed by atoms with Crippen LogP contribution in [-0.4, -0.2) is 26.6 Å². The zero-order chi connectivity index (χ0) is 16.4. The molecule has 3 aromatic rings. The van der Waals surface area contributed by atoms with Crippen LogP contribution < -0.4 is 4.74 Å². The molecule has 0 fully saturated rings. The number of methoxy groups -OCH3 is 1. The normalized spacial score (nSPS) is 10.8. The van der Waals surface area contributed by atoms with Crippen LogP contribution in [0.15, 0.2) is 36.5 Å². The van der Waals surface area contributed by atoms with Gasteiger partial charge in [-0.15, -0.1) is 0 Å². The van der Waals surface area contributed by atoms with E-state index in [4.69, 9.17) is 21.7 Å². The van der Waals surface area contributed by atoms with Gasteiger partial charge in [-0.25, -0.2) is 0 Å². The number of hydrogen-bond acceptors (Lipinski definition) is 6. The quantitative estimate of drug-likeness (QED) is 0.437. The Bertz CT molecular complexity index is 934. The second kappa shape index (κ2) is 6.15. The minimum absolute atomic E-state index is 0.0585. The number of fused-ring (bicyclic) bond motifs is 1. The van der Waals surface area contributed by atoms with Gasteiger partial charge < -0.3 is 19.0 Å². The highest BCUT2D eigenvalue weighted by Crippen LogP contribution is 2.29. The first-order chi connectivity index (χ1) is 11.1. The molecule has 118 valence electrons. The van der Waals surface area contributed by atoms with Crippen LogP contribution in [0, 0.1) is 14.9 Å². The number of ether oxygens (including phenoxy) is 2. The van der Waals surface area contributed by atoms with Crippen LogP contribution in [0.1, 0.15) is 0 Å². The maximum Gasteiger partial charge on any atom is 0.273 e. The first-order valence-electron chi connectivity index (χ1n) is 6.59. The van der Waals surface area contributed by atoms with Crippen molar-refractivity contribution < 1.29 is 14.4 Å². The zero-order valence-corrected chi connectivity index (χ0v) is 12.9. The molecule has 0 spiro atoms. The van der Waals surface area contributed by atoms with Crippen LogP contribution in [0.3, 0.4) is 0 Å². The topological polar surface area (TPSA) is 95.2 Å². The number of nitrogens with zero attached hydrogens (tertiary/aromatic N) is 3. The predicted molar refractivity (Wildman–Crippen MR) is 85.1 cm³/mol. The summed E-state index contributed by atoms with van der Waals surface area (Å²) in [7, 11) is 1.59.